The Hall–Kier alpha value is -1.90. The fourth-order valence-electron chi connectivity index (χ4n) is 1.55. The van der Waals surface area contributed by atoms with Crippen molar-refractivity contribution in [1.82, 2.24) is 19.1 Å². The second kappa shape index (κ2) is 4.05. The molecule has 6 nitrogen and oxygen atoms in total. The summed E-state index contributed by atoms with van der Waals surface area (Å²) in [4.78, 5) is 29.6. The normalized spacial score (nSPS) is 12.1. The van der Waals surface area contributed by atoms with E-state index in [2.05, 4.69) is 9.97 Å². The van der Waals surface area contributed by atoms with Crippen molar-refractivity contribution in [3.8, 4) is 0 Å². The molecular weight excluding hydrogens is 289 g/mol. The van der Waals surface area contributed by atoms with Gasteiger partial charge in [0.15, 0.2) is 5.65 Å². The first kappa shape index (κ1) is 13.5. The van der Waals surface area contributed by atoms with Crippen molar-refractivity contribution in [3.63, 3.8) is 0 Å². The molecule has 0 aromatic carbocycles. The van der Waals surface area contributed by atoms with Crippen molar-refractivity contribution in [1.29, 1.82) is 0 Å². The average molecular weight is 295 g/mol. The van der Waals surface area contributed by atoms with E-state index in [1.54, 1.807) is 0 Å². The van der Waals surface area contributed by atoms with E-state index < -0.39 is 34.1 Å². The molecule has 10 heteroatoms. The lowest BCUT2D eigenvalue weighted by molar-refractivity contribution is -0.144. The maximum atomic E-state index is 12.6. The maximum Gasteiger partial charge on any atom is 0.451 e. The monoisotopic (exact) mass is 294 g/mol. The van der Waals surface area contributed by atoms with Crippen molar-refractivity contribution < 1.29 is 13.2 Å². The maximum absolute atomic E-state index is 12.6. The van der Waals surface area contributed by atoms with Crippen molar-refractivity contribution >= 4 is 22.6 Å². The largest absolute Gasteiger partial charge is 0.451 e. The van der Waals surface area contributed by atoms with Crippen LogP contribution >= 0.6 is 11.6 Å². The van der Waals surface area contributed by atoms with Gasteiger partial charge in [0.2, 0.25) is 5.82 Å². The number of aryl methyl sites for hydroxylation is 1. The van der Waals surface area contributed by atoms with Gasteiger partial charge in [-0.15, -0.1) is 0 Å². The summed E-state index contributed by atoms with van der Waals surface area (Å²) in [6, 6.07) is 0. The molecule has 2 aromatic rings. The van der Waals surface area contributed by atoms with Gasteiger partial charge in [0.25, 0.3) is 5.56 Å². The minimum atomic E-state index is -4.82. The summed E-state index contributed by atoms with van der Waals surface area (Å²) >= 11 is 5.59. The highest BCUT2D eigenvalue weighted by molar-refractivity contribution is 6.33. The number of rotatable bonds is 0. The predicted molar refractivity (Wildman–Crippen MR) is 60.0 cm³/mol. The highest BCUT2D eigenvalue weighted by Crippen LogP contribution is 2.28. The van der Waals surface area contributed by atoms with Gasteiger partial charge in [-0.3, -0.25) is 13.9 Å². The molecule has 102 valence electrons. The molecule has 0 aliphatic rings. The topological polar surface area (TPSA) is 69.8 Å². The van der Waals surface area contributed by atoms with Crippen LogP contribution < -0.4 is 11.2 Å². The van der Waals surface area contributed by atoms with Crippen LogP contribution in [0.5, 0.6) is 0 Å². The highest BCUT2D eigenvalue weighted by Gasteiger charge is 2.36. The van der Waals surface area contributed by atoms with Gasteiger partial charge in [0.05, 0.1) is 0 Å². The number of aromatic nitrogens is 4. The van der Waals surface area contributed by atoms with E-state index >= 15 is 0 Å². The quantitative estimate of drug-likeness (QED) is 0.671. The average Bonchev–Trinajstić information content (AvgIpc) is 2.31. The fourth-order valence-corrected chi connectivity index (χ4v) is 1.79. The number of hydrogen-bond acceptors (Lipinski definition) is 4. The third-order valence-electron chi connectivity index (χ3n) is 2.51. The van der Waals surface area contributed by atoms with Crippen LogP contribution in [-0.4, -0.2) is 19.1 Å². The van der Waals surface area contributed by atoms with Crippen LogP contribution in [0.15, 0.2) is 9.59 Å². The van der Waals surface area contributed by atoms with Crippen LogP contribution in [0.3, 0.4) is 0 Å². The third-order valence-corrected chi connectivity index (χ3v) is 2.78. The Balaban J connectivity index is 3.07. The van der Waals surface area contributed by atoms with Gasteiger partial charge in [-0.1, -0.05) is 11.6 Å². The summed E-state index contributed by atoms with van der Waals surface area (Å²) in [5.41, 5.74) is -2.11. The van der Waals surface area contributed by atoms with E-state index in [1.807, 2.05) is 0 Å². The van der Waals surface area contributed by atoms with Crippen molar-refractivity contribution in [2.45, 2.75) is 6.18 Å². The molecular formula is C9H6ClF3N4O2. The standard InChI is InChI=1S/C9H6ClF3N4O2/c1-16-5-3(6(18)17(2)8(16)19)4(10)14-7(15-5)9(11,12)13/h1-2H3. The second-order valence-electron chi connectivity index (χ2n) is 3.74. The molecule has 0 amide bonds. The van der Waals surface area contributed by atoms with Crippen LogP contribution in [-0.2, 0) is 20.3 Å². The van der Waals surface area contributed by atoms with Crippen LogP contribution in [0.25, 0.3) is 11.0 Å². The minimum absolute atomic E-state index is 0.334. The van der Waals surface area contributed by atoms with E-state index in [9.17, 15) is 22.8 Å². The van der Waals surface area contributed by atoms with Gasteiger partial charge in [0, 0.05) is 14.1 Å². The molecule has 19 heavy (non-hydrogen) atoms. The van der Waals surface area contributed by atoms with Crippen LogP contribution in [0.2, 0.25) is 5.15 Å². The van der Waals surface area contributed by atoms with E-state index in [4.69, 9.17) is 11.6 Å². The second-order valence-corrected chi connectivity index (χ2v) is 4.10. The Kier molecular flexibility index (Phi) is 2.89. The zero-order valence-corrected chi connectivity index (χ0v) is 10.4. The van der Waals surface area contributed by atoms with Gasteiger partial charge >= 0.3 is 11.9 Å². The first-order valence-electron chi connectivity index (χ1n) is 4.85. The minimum Gasteiger partial charge on any atom is -0.280 e. The molecule has 0 aliphatic heterocycles. The Labute approximate surface area is 108 Å². The first-order chi connectivity index (χ1) is 8.64. The van der Waals surface area contributed by atoms with E-state index in [1.165, 1.54) is 14.1 Å². The summed E-state index contributed by atoms with van der Waals surface area (Å²) in [5, 5.41) is -0.979. The number of hydrogen-bond donors (Lipinski definition) is 0. The smallest absolute Gasteiger partial charge is 0.280 e. The zero-order valence-electron chi connectivity index (χ0n) is 9.62. The van der Waals surface area contributed by atoms with Crippen LogP contribution in [0.4, 0.5) is 13.2 Å². The van der Waals surface area contributed by atoms with Crippen molar-refractivity contribution in [3.05, 3.63) is 31.8 Å². The molecule has 2 rings (SSSR count). The lowest BCUT2D eigenvalue weighted by Crippen LogP contribution is -2.38. The first-order valence-corrected chi connectivity index (χ1v) is 5.23. The molecule has 0 saturated carbocycles. The molecule has 0 saturated heterocycles. The Morgan fingerprint density at radius 2 is 1.68 bits per heavy atom. The Morgan fingerprint density at radius 1 is 1.11 bits per heavy atom. The number of halogens is 4. The van der Waals surface area contributed by atoms with Gasteiger partial charge in [0.1, 0.15) is 10.5 Å². The molecule has 2 aromatic heterocycles. The summed E-state index contributed by atoms with van der Waals surface area (Å²) in [6.07, 6.45) is -4.82. The molecule has 0 spiro atoms. The Morgan fingerprint density at radius 3 is 2.21 bits per heavy atom. The molecule has 2 heterocycles. The summed E-state index contributed by atoms with van der Waals surface area (Å²) in [7, 11) is 2.37. The van der Waals surface area contributed by atoms with Gasteiger partial charge < -0.3 is 0 Å². The van der Waals surface area contributed by atoms with Crippen molar-refractivity contribution in [2.24, 2.45) is 14.1 Å². The lowest BCUT2D eigenvalue weighted by atomic mass is 10.4. The van der Waals surface area contributed by atoms with Gasteiger partial charge in [-0.2, -0.15) is 13.2 Å². The van der Waals surface area contributed by atoms with E-state index in [0.717, 1.165) is 4.57 Å². The number of alkyl halides is 3. The van der Waals surface area contributed by atoms with Gasteiger partial charge in [-0.05, 0) is 0 Å². The third kappa shape index (κ3) is 1.99. The van der Waals surface area contributed by atoms with E-state index in [-0.39, 0.29) is 5.39 Å². The SMILES string of the molecule is Cn1c(=O)c2c(Cl)nc(C(F)(F)F)nc2n(C)c1=O. The van der Waals surface area contributed by atoms with Crippen LogP contribution in [0, 0.1) is 0 Å². The number of nitrogens with zero attached hydrogens (tertiary/aromatic N) is 4. The predicted octanol–water partition coefficient (Wildman–Crippen LogP) is 0.699. The molecule has 0 fully saturated rings. The van der Waals surface area contributed by atoms with Crippen LogP contribution in [0.1, 0.15) is 5.82 Å². The highest BCUT2D eigenvalue weighted by atomic mass is 35.5. The van der Waals surface area contributed by atoms with Gasteiger partial charge in [-0.25, -0.2) is 14.8 Å². The fraction of sp³-hybridized carbons (Fsp3) is 0.333. The van der Waals surface area contributed by atoms with Crippen molar-refractivity contribution in [2.75, 3.05) is 0 Å². The molecule has 0 aliphatic carbocycles. The van der Waals surface area contributed by atoms with E-state index in [0.29, 0.717) is 4.57 Å². The Bertz CT molecular complexity index is 793. The zero-order chi connectivity index (χ0) is 14.5. The molecule has 0 unspecified atom stereocenters. The summed E-state index contributed by atoms with van der Waals surface area (Å²) in [5.74, 6) is -1.51. The summed E-state index contributed by atoms with van der Waals surface area (Å²) in [6.45, 7) is 0. The molecule has 0 bridgehead atoms. The number of fused-ring (bicyclic) bond motifs is 1. The lowest BCUT2D eigenvalue weighted by Gasteiger charge is -2.10. The molecule has 0 N–H and O–H groups in total. The molecule has 0 atom stereocenters. The molecule has 0 radical (unpaired) electrons. The summed E-state index contributed by atoms with van der Waals surface area (Å²) < 4.78 is 39.2.